The van der Waals surface area contributed by atoms with Gasteiger partial charge < -0.3 is 4.74 Å². The van der Waals surface area contributed by atoms with E-state index in [9.17, 15) is 9.18 Å². The van der Waals surface area contributed by atoms with Crippen LogP contribution in [0, 0.1) is 12.7 Å². The third-order valence-electron chi connectivity index (χ3n) is 2.93. The van der Waals surface area contributed by atoms with Crippen molar-refractivity contribution in [2.45, 2.75) is 6.92 Å². The molecule has 0 atom stereocenters. The highest BCUT2D eigenvalue weighted by Gasteiger charge is 2.19. The lowest BCUT2D eigenvalue weighted by atomic mass is 9.98. The highest BCUT2D eigenvalue weighted by molar-refractivity contribution is 9.10. The molecule has 2 aromatic rings. The monoisotopic (exact) mass is 356 g/mol. The molecular weight excluding hydrogens is 347 g/mol. The van der Waals surface area contributed by atoms with Crippen LogP contribution in [0.5, 0.6) is 5.75 Å². The fourth-order valence-electron chi connectivity index (χ4n) is 1.86. The number of benzene rings is 2. The summed E-state index contributed by atoms with van der Waals surface area (Å²) in [6, 6.07) is 7.66. The van der Waals surface area contributed by atoms with Gasteiger partial charge in [0.2, 0.25) is 0 Å². The standard InChI is InChI=1S/C15H11BrClFO2/c1-8-3-4-9(17)5-10(8)15(19)11-6-12(16)13(18)7-14(11)20-2/h3-7H,1-2H3. The molecule has 2 rings (SSSR count). The molecule has 104 valence electrons. The van der Waals surface area contributed by atoms with Crippen LogP contribution >= 0.6 is 27.5 Å². The smallest absolute Gasteiger partial charge is 0.197 e. The third-order valence-corrected chi connectivity index (χ3v) is 3.77. The first-order valence-electron chi connectivity index (χ1n) is 5.78. The Morgan fingerprint density at radius 2 is 1.95 bits per heavy atom. The van der Waals surface area contributed by atoms with Crippen molar-refractivity contribution >= 4 is 33.3 Å². The van der Waals surface area contributed by atoms with Gasteiger partial charge in [0.15, 0.2) is 5.78 Å². The van der Waals surface area contributed by atoms with Crippen molar-refractivity contribution in [1.29, 1.82) is 0 Å². The molecule has 0 spiro atoms. The minimum absolute atomic E-state index is 0.190. The van der Waals surface area contributed by atoms with Gasteiger partial charge in [0.25, 0.3) is 0 Å². The van der Waals surface area contributed by atoms with Crippen LogP contribution in [0.15, 0.2) is 34.8 Å². The van der Waals surface area contributed by atoms with E-state index in [0.717, 1.165) is 5.56 Å². The van der Waals surface area contributed by atoms with Crippen LogP contribution < -0.4 is 4.74 Å². The van der Waals surface area contributed by atoms with Gasteiger partial charge in [0.1, 0.15) is 11.6 Å². The molecule has 0 amide bonds. The number of ether oxygens (including phenoxy) is 1. The van der Waals surface area contributed by atoms with Gasteiger partial charge in [-0.2, -0.15) is 0 Å². The lowest BCUT2D eigenvalue weighted by Crippen LogP contribution is -2.06. The summed E-state index contributed by atoms with van der Waals surface area (Å²) in [5.41, 5.74) is 1.54. The summed E-state index contributed by atoms with van der Waals surface area (Å²) in [6.45, 7) is 1.81. The van der Waals surface area contributed by atoms with Gasteiger partial charge in [-0.1, -0.05) is 17.7 Å². The molecule has 0 unspecified atom stereocenters. The van der Waals surface area contributed by atoms with E-state index in [1.807, 2.05) is 6.92 Å². The largest absolute Gasteiger partial charge is 0.496 e. The molecule has 2 aromatic carbocycles. The Labute approximate surface area is 129 Å². The molecule has 0 heterocycles. The highest BCUT2D eigenvalue weighted by Crippen LogP contribution is 2.29. The Bertz CT molecular complexity index is 686. The number of carbonyl (C=O) groups is 1. The Morgan fingerprint density at radius 3 is 2.60 bits per heavy atom. The molecule has 0 saturated heterocycles. The van der Waals surface area contributed by atoms with E-state index < -0.39 is 5.82 Å². The zero-order valence-electron chi connectivity index (χ0n) is 10.8. The van der Waals surface area contributed by atoms with E-state index >= 15 is 0 Å². The van der Waals surface area contributed by atoms with Gasteiger partial charge in [0.05, 0.1) is 17.1 Å². The minimum atomic E-state index is -0.485. The number of ketones is 1. The van der Waals surface area contributed by atoms with Crippen LogP contribution in [-0.2, 0) is 0 Å². The number of rotatable bonds is 3. The Balaban J connectivity index is 2.58. The van der Waals surface area contributed by atoms with Crippen molar-refractivity contribution in [2.75, 3.05) is 7.11 Å². The summed E-state index contributed by atoms with van der Waals surface area (Å²) in [6.07, 6.45) is 0. The fraction of sp³-hybridized carbons (Fsp3) is 0.133. The van der Waals surface area contributed by atoms with E-state index in [0.29, 0.717) is 10.6 Å². The maximum absolute atomic E-state index is 13.5. The summed E-state index contributed by atoms with van der Waals surface area (Å²) >= 11 is 9.00. The van der Waals surface area contributed by atoms with Crippen molar-refractivity contribution in [3.63, 3.8) is 0 Å². The molecule has 2 nitrogen and oxygen atoms in total. The number of hydrogen-bond acceptors (Lipinski definition) is 2. The minimum Gasteiger partial charge on any atom is -0.496 e. The van der Waals surface area contributed by atoms with Gasteiger partial charge in [0, 0.05) is 16.7 Å². The molecule has 0 aromatic heterocycles. The highest BCUT2D eigenvalue weighted by atomic mass is 79.9. The second-order valence-electron chi connectivity index (χ2n) is 4.25. The van der Waals surface area contributed by atoms with E-state index in [1.165, 1.54) is 19.2 Å². The summed E-state index contributed by atoms with van der Waals surface area (Å²) in [4.78, 5) is 12.6. The lowest BCUT2D eigenvalue weighted by Gasteiger charge is -2.11. The molecule has 0 N–H and O–H groups in total. The van der Waals surface area contributed by atoms with Gasteiger partial charge >= 0.3 is 0 Å². The van der Waals surface area contributed by atoms with Crippen LogP contribution in [0.4, 0.5) is 4.39 Å². The van der Waals surface area contributed by atoms with Crippen molar-refractivity contribution in [3.8, 4) is 5.75 Å². The zero-order valence-corrected chi connectivity index (χ0v) is 13.2. The predicted octanol–water partition coefficient (Wildman–Crippen LogP) is 4.79. The van der Waals surface area contributed by atoms with Crippen LogP contribution in [0.25, 0.3) is 0 Å². The first-order valence-corrected chi connectivity index (χ1v) is 6.95. The van der Waals surface area contributed by atoms with Crippen molar-refractivity contribution in [2.24, 2.45) is 0 Å². The van der Waals surface area contributed by atoms with Gasteiger partial charge in [-0.25, -0.2) is 4.39 Å². The number of methoxy groups -OCH3 is 1. The van der Waals surface area contributed by atoms with Gasteiger partial charge in [-0.3, -0.25) is 4.79 Å². The summed E-state index contributed by atoms with van der Waals surface area (Å²) in [5.74, 6) is -0.557. The third kappa shape index (κ3) is 2.86. The summed E-state index contributed by atoms with van der Waals surface area (Å²) < 4.78 is 18.8. The number of aryl methyl sites for hydroxylation is 1. The quantitative estimate of drug-likeness (QED) is 0.738. The normalized spacial score (nSPS) is 10.4. The van der Waals surface area contributed by atoms with Crippen LogP contribution in [0.3, 0.4) is 0 Å². The van der Waals surface area contributed by atoms with E-state index in [2.05, 4.69) is 15.9 Å². The number of hydrogen-bond donors (Lipinski definition) is 0. The lowest BCUT2D eigenvalue weighted by molar-refractivity contribution is 0.103. The predicted molar refractivity (Wildman–Crippen MR) is 80.3 cm³/mol. The average Bonchev–Trinajstić information content (AvgIpc) is 2.43. The average molecular weight is 358 g/mol. The molecule has 0 fully saturated rings. The van der Waals surface area contributed by atoms with Gasteiger partial charge in [-0.05, 0) is 46.6 Å². The molecule has 0 radical (unpaired) electrons. The number of halogens is 3. The second kappa shape index (κ2) is 5.94. The van der Waals surface area contributed by atoms with Crippen LogP contribution in [0.2, 0.25) is 5.02 Å². The summed E-state index contributed by atoms with van der Waals surface area (Å²) in [7, 11) is 1.39. The van der Waals surface area contributed by atoms with E-state index in [1.54, 1.807) is 18.2 Å². The molecule has 0 aliphatic rings. The maximum Gasteiger partial charge on any atom is 0.197 e. The van der Waals surface area contributed by atoms with Crippen molar-refractivity contribution in [3.05, 3.63) is 62.3 Å². The molecule has 0 aliphatic carbocycles. The first kappa shape index (κ1) is 15.0. The number of carbonyl (C=O) groups excluding carboxylic acids is 1. The maximum atomic E-state index is 13.5. The van der Waals surface area contributed by atoms with E-state index in [-0.39, 0.29) is 21.6 Å². The molecule has 0 bridgehead atoms. The van der Waals surface area contributed by atoms with Crippen LogP contribution in [-0.4, -0.2) is 12.9 Å². The molecular formula is C15H11BrClFO2. The fourth-order valence-corrected chi connectivity index (χ4v) is 2.37. The topological polar surface area (TPSA) is 26.3 Å². The van der Waals surface area contributed by atoms with Crippen molar-refractivity contribution in [1.82, 2.24) is 0 Å². The second-order valence-corrected chi connectivity index (χ2v) is 5.55. The Hall–Kier alpha value is -1.39. The zero-order chi connectivity index (χ0) is 14.9. The first-order chi connectivity index (χ1) is 9.43. The van der Waals surface area contributed by atoms with Gasteiger partial charge in [-0.15, -0.1) is 0 Å². The van der Waals surface area contributed by atoms with E-state index in [4.69, 9.17) is 16.3 Å². The van der Waals surface area contributed by atoms with Crippen molar-refractivity contribution < 1.29 is 13.9 Å². The Morgan fingerprint density at radius 1 is 1.25 bits per heavy atom. The summed E-state index contributed by atoms with van der Waals surface area (Å²) in [5, 5.41) is 0.471. The SMILES string of the molecule is COc1cc(F)c(Br)cc1C(=O)c1cc(Cl)ccc1C. The molecule has 5 heteroatoms. The molecule has 0 aliphatic heterocycles. The molecule has 20 heavy (non-hydrogen) atoms. The van der Waals surface area contributed by atoms with Crippen LogP contribution in [0.1, 0.15) is 21.5 Å². The molecule has 0 saturated carbocycles. The Kier molecular flexibility index (Phi) is 4.45.